The van der Waals surface area contributed by atoms with Crippen molar-refractivity contribution in [3.05, 3.63) is 29.8 Å². The summed E-state index contributed by atoms with van der Waals surface area (Å²) in [5, 5.41) is 5.36. The number of primary amides is 1. The predicted octanol–water partition coefficient (Wildman–Crippen LogP) is 0.472. The molecule has 1 saturated heterocycles. The van der Waals surface area contributed by atoms with Gasteiger partial charge in [0.2, 0.25) is 5.91 Å². The fraction of sp³-hybridized carbons (Fsp3) is 0.429. The molecule has 0 bridgehead atoms. The summed E-state index contributed by atoms with van der Waals surface area (Å²) < 4.78 is 5.18. The fourth-order valence-corrected chi connectivity index (χ4v) is 2.18. The molecule has 7 heteroatoms. The summed E-state index contributed by atoms with van der Waals surface area (Å²) in [7, 11) is 0. The lowest BCUT2D eigenvalue weighted by molar-refractivity contribution is -0.127. The molecule has 1 aliphatic rings. The van der Waals surface area contributed by atoms with Gasteiger partial charge in [0, 0.05) is 12.3 Å². The Morgan fingerprint density at radius 3 is 2.52 bits per heavy atom. The molecule has 0 aromatic heterocycles. The molecular weight excluding hydrogens is 272 g/mol. The largest absolute Gasteiger partial charge is 0.379 e. The van der Waals surface area contributed by atoms with Gasteiger partial charge in [-0.3, -0.25) is 4.79 Å². The molecule has 0 saturated carbocycles. The van der Waals surface area contributed by atoms with Crippen LogP contribution >= 0.6 is 0 Å². The third-order valence-corrected chi connectivity index (χ3v) is 3.53. The Bertz CT molecular complexity index is 524. The first-order valence-corrected chi connectivity index (χ1v) is 6.75. The van der Waals surface area contributed by atoms with E-state index >= 15 is 0 Å². The van der Waals surface area contributed by atoms with E-state index in [1.807, 2.05) is 19.1 Å². The molecule has 0 radical (unpaired) electrons. The topological polar surface area (TPSA) is 119 Å². The Kier molecular flexibility index (Phi) is 4.44. The number of carbonyl (C=O) groups is 2. The molecule has 21 heavy (non-hydrogen) atoms. The Morgan fingerprint density at radius 1 is 1.33 bits per heavy atom. The first-order valence-electron chi connectivity index (χ1n) is 6.75. The van der Waals surface area contributed by atoms with Crippen molar-refractivity contribution in [1.29, 1.82) is 0 Å². The maximum atomic E-state index is 12.2. The molecule has 2 unspecified atom stereocenters. The lowest BCUT2D eigenvalue weighted by Crippen LogP contribution is -2.54. The van der Waals surface area contributed by atoms with Gasteiger partial charge in [-0.15, -0.1) is 0 Å². The van der Waals surface area contributed by atoms with E-state index in [0.717, 1.165) is 5.56 Å². The Morgan fingerprint density at radius 2 is 2.00 bits per heavy atom. The van der Waals surface area contributed by atoms with Crippen molar-refractivity contribution in [2.75, 3.05) is 18.5 Å². The number of hydrogen-bond donors (Lipinski definition) is 4. The van der Waals surface area contributed by atoms with Crippen LogP contribution in [0.4, 0.5) is 10.5 Å². The Hall–Kier alpha value is -2.12. The first-order chi connectivity index (χ1) is 9.90. The second-order valence-electron chi connectivity index (χ2n) is 5.27. The predicted molar refractivity (Wildman–Crippen MR) is 78.6 cm³/mol. The van der Waals surface area contributed by atoms with Gasteiger partial charge in [-0.05, 0) is 31.0 Å². The van der Waals surface area contributed by atoms with Gasteiger partial charge in [-0.25, -0.2) is 4.79 Å². The summed E-state index contributed by atoms with van der Waals surface area (Å²) in [4.78, 5) is 22.9. The number of nitrogens with one attached hydrogen (secondary N) is 2. The molecular formula is C14H20N4O3. The standard InChI is InChI=1S/C14H20N4O3/c1-9(17-12(19)14(16)6-7-21-8-14)10-2-4-11(5-3-10)18-13(15)20/h2-5,9H,6-8,16H2,1H3,(H,17,19)(H3,15,18,20). The fourth-order valence-electron chi connectivity index (χ4n) is 2.18. The molecule has 2 atom stereocenters. The molecule has 1 aromatic rings. The van der Waals surface area contributed by atoms with Crippen LogP contribution in [0.5, 0.6) is 0 Å². The van der Waals surface area contributed by atoms with Gasteiger partial charge >= 0.3 is 6.03 Å². The maximum absolute atomic E-state index is 12.2. The molecule has 114 valence electrons. The van der Waals surface area contributed by atoms with Crippen LogP contribution in [-0.4, -0.2) is 30.7 Å². The lowest BCUT2D eigenvalue weighted by Gasteiger charge is -2.24. The minimum absolute atomic E-state index is 0.193. The molecule has 2 rings (SSSR count). The van der Waals surface area contributed by atoms with E-state index in [0.29, 0.717) is 18.7 Å². The second-order valence-corrected chi connectivity index (χ2v) is 5.27. The molecule has 1 heterocycles. The summed E-state index contributed by atoms with van der Waals surface area (Å²) in [6.07, 6.45) is 0.521. The number of anilines is 1. The number of carbonyl (C=O) groups excluding carboxylic acids is 2. The van der Waals surface area contributed by atoms with Crippen LogP contribution in [0.2, 0.25) is 0 Å². The van der Waals surface area contributed by atoms with E-state index in [1.165, 1.54) is 0 Å². The van der Waals surface area contributed by atoms with E-state index in [4.69, 9.17) is 16.2 Å². The van der Waals surface area contributed by atoms with Crippen LogP contribution < -0.4 is 22.1 Å². The highest BCUT2D eigenvalue weighted by atomic mass is 16.5. The van der Waals surface area contributed by atoms with Crippen molar-refractivity contribution in [1.82, 2.24) is 5.32 Å². The van der Waals surface area contributed by atoms with Gasteiger partial charge in [0.15, 0.2) is 0 Å². The average molecular weight is 292 g/mol. The van der Waals surface area contributed by atoms with Crippen molar-refractivity contribution in [2.24, 2.45) is 11.5 Å². The highest BCUT2D eigenvalue weighted by Gasteiger charge is 2.38. The lowest BCUT2D eigenvalue weighted by atomic mass is 9.98. The molecule has 0 aliphatic carbocycles. The number of urea groups is 1. The van der Waals surface area contributed by atoms with E-state index in [2.05, 4.69) is 10.6 Å². The van der Waals surface area contributed by atoms with E-state index in [9.17, 15) is 9.59 Å². The second kappa shape index (κ2) is 6.11. The third-order valence-electron chi connectivity index (χ3n) is 3.53. The first kappa shape index (κ1) is 15.3. The zero-order valence-electron chi connectivity index (χ0n) is 11.9. The molecule has 6 N–H and O–H groups in total. The van der Waals surface area contributed by atoms with Crippen molar-refractivity contribution < 1.29 is 14.3 Å². The van der Waals surface area contributed by atoms with Gasteiger partial charge in [0.05, 0.1) is 12.6 Å². The van der Waals surface area contributed by atoms with Crippen LogP contribution in [0.25, 0.3) is 0 Å². The van der Waals surface area contributed by atoms with Gasteiger partial charge in [-0.2, -0.15) is 0 Å². The van der Waals surface area contributed by atoms with E-state index in [1.54, 1.807) is 12.1 Å². The van der Waals surface area contributed by atoms with Crippen LogP contribution in [0.1, 0.15) is 24.9 Å². The summed E-state index contributed by atoms with van der Waals surface area (Å²) in [6.45, 7) is 2.62. The Balaban J connectivity index is 1.98. The molecule has 0 spiro atoms. The van der Waals surface area contributed by atoms with Crippen LogP contribution in [0, 0.1) is 0 Å². The molecule has 1 fully saturated rings. The van der Waals surface area contributed by atoms with E-state index in [-0.39, 0.29) is 18.6 Å². The quantitative estimate of drug-likeness (QED) is 0.645. The molecule has 1 aliphatic heterocycles. The average Bonchev–Trinajstić information content (AvgIpc) is 2.87. The monoisotopic (exact) mass is 292 g/mol. The van der Waals surface area contributed by atoms with Gasteiger partial charge < -0.3 is 26.8 Å². The van der Waals surface area contributed by atoms with Crippen molar-refractivity contribution in [2.45, 2.75) is 24.9 Å². The summed E-state index contributed by atoms with van der Waals surface area (Å²) in [6, 6.07) is 6.26. The van der Waals surface area contributed by atoms with Gasteiger partial charge in [0.25, 0.3) is 0 Å². The van der Waals surface area contributed by atoms with Crippen molar-refractivity contribution >= 4 is 17.6 Å². The zero-order chi connectivity index (χ0) is 15.5. The smallest absolute Gasteiger partial charge is 0.316 e. The maximum Gasteiger partial charge on any atom is 0.316 e. The van der Waals surface area contributed by atoms with Crippen LogP contribution in [0.3, 0.4) is 0 Å². The number of ether oxygens (including phenoxy) is 1. The van der Waals surface area contributed by atoms with Crippen LogP contribution in [0.15, 0.2) is 24.3 Å². The highest BCUT2D eigenvalue weighted by molar-refractivity contribution is 5.88. The molecule has 1 aromatic carbocycles. The van der Waals surface area contributed by atoms with Gasteiger partial charge in [0.1, 0.15) is 5.54 Å². The minimum Gasteiger partial charge on any atom is -0.379 e. The Labute approximate surface area is 123 Å². The minimum atomic E-state index is -0.943. The number of nitrogens with two attached hydrogens (primary N) is 2. The van der Waals surface area contributed by atoms with E-state index < -0.39 is 11.6 Å². The zero-order valence-corrected chi connectivity index (χ0v) is 11.9. The summed E-state index contributed by atoms with van der Waals surface area (Å²) >= 11 is 0. The van der Waals surface area contributed by atoms with Crippen molar-refractivity contribution in [3.63, 3.8) is 0 Å². The SMILES string of the molecule is CC(NC(=O)C1(N)CCOC1)c1ccc(NC(N)=O)cc1. The third kappa shape index (κ3) is 3.71. The molecule has 7 nitrogen and oxygen atoms in total. The van der Waals surface area contributed by atoms with Crippen LogP contribution in [-0.2, 0) is 9.53 Å². The van der Waals surface area contributed by atoms with Crippen molar-refractivity contribution in [3.8, 4) is 0 Å². The number of benzene rings is 1. The normalized spacial score (nSPS) is 22.6. The summed E-state index contributed by atoms with van der Waals surface area (Å²) in [5.41, 5.74) is 11.6. The van der Waals surface area contributed by atoms with Gasteiger partial charge in [-0.1, -0.05) is 12.1 Å². The molecule has 3 amide bonds. The number of amides is 3. The highest BCUT2D eigenvalue weighted by Crippen LogP contribution is 2.20. The number of hydrogen-bond acceptors (Lipinski definition) is 4. The summed E-state index contributed by atoms with van der Waals surface area (Å²) in [5.74, 6) is -0.216. The number of rotatable bonds is 4.